The minimum Gasteiger partial charge on any atom is -0.496 e. The molecule has 0 amide bonds. The van der Waals surface area contributed by atoms with Gasteiger partial charge in [0.1, 0.15) is 5.75 Å². The number of methoxy groups -OCH3 is 1. The minimum atomic E-state index is -2.94. The van der Waals surface area contributed by atoms with Crippen molar-refractivity contribution in [2.45, 2.75) is 19.0 Å². The molecule has 0 bridgehead atoms. The largest absolute Gasteiger partial charge is 0.496 e. The molecule has 2 aromatic rings. The first-order chi connectivity index (χ1) is 11.6. The summed E-state index contributed by atoms with van der Waals surface area (Å²) < 4.78 is 28.3. The van der Waals surface area contributed by atoms with Gasteiger partial charge in [0.2, 0.25) is 5.95 Å². The Balaban J connectivity index is 1.63. The molecule has 128 valence electrons. The zero-order valence-electron chi connectivity index (χ0n) is 13.3. The van der Waals surface area contributed by atoms with Crippen molar-refractivity contribution in [3.63, 3.8) is 0 Å². The Morgan fingerprint density at radius 1 is 1.33 bits per heavy atom. The van der Waals surface area contributed by atoms with Gasteiger partial charge in [0.25, 0.3) is 0 Å². The number of para-hydroxylation sites is 1. The van der Waals surface area contributed by atoms with E-state index < -0.39 is 9.84 Å². The average Bonchev–Trinajstić information content (AvgIpc) is 2.92. The fraction of sp³-hybridized carbons (Fsp3) is 0.400. The highest BCUT2D eigenvalue weighted by atomic mass is 32.2. The predicted octanol–water partition coefficient (Wildman–Crippen LogP) is 1.09. The Morgan fingerprint density at radius 2 is 2.17 bits per heavy atom. The van der Waals surface area contributed by atoms with Crippen LogP contribution in [0.25, 0.3) is 0 Å². The molecule has 1 aromatic heterocycles. The molecular formula is C15H19N5O3S. The van der Waals surface area contributed by atoms with Gasteiger partial charge in [0, 0.05) is 18.2 Å². The summed E-state index contributed by atoms with van der Waals surface area (Å²) >= 11 is 0. The van der Waals surface area contributed by atoms with E-state index >= 15 is 0 Å². The Labute approximate surface area is 140 Å². The van der Waals surface area contributed by atoms with Crippen LogP contribution >= 0.6 is 0 Å². The lowest BCUT2D eigenvalue weighted by Gasteiger charge is -2.12. The lowest BCUT2D eigenvalue weighted by molar-refractivity contribution is 0.410. The van der Waals surface area contributed by atoms with Crippen LogP contribution in [0.4, 0.5) is 11.8 Å². The van der Waals surface area contributed by atoms with Crippen LogP contribution in [0.3, 0.4) is 0 Å². The normalized spacial score (nSPS) is 19.0. The topological polar surface area (TPSA) is 106 Å². The van der Waals surface area contributed by atoms with Crippen LogP contribution in [0.2, 0.25) is 0 Å². The van der Waals surface area contributed by atoms with E-state index in [0.29, 0.717) is 24.7 Å². The van der Waals surface area contributed by atoms with Gasteiger partial charge in [-0.25, -0.2) is 8.42 Å². The van der Waals surface area contributed by atoms with E-state index in [2.05, 4.69) is 25.8 Å². The minimum absolute atomic E-state index is 0.126. The molecule has 1 atom stereocenters. The summed E-state index contributed by atoms with van der Waals surface area (Å²) in [7, 11) is -1.31. The van der Waals surface area contributed by atoms with Gasteiger partial charge in [-0.3, -0.25) is 0 Å². The third-order valence-electron chi connectivity index (χ3n) is 3.77. The number of nitrogens with zero attached hydrogens (tertiary/aromatic N) is 3. The molecule has 0 spiro atoms. The first-order valence-electron chi connectivity index (χ1n) is 7.58. The predicted molar refractivity (Wildman–Crippen MR) is 90.8 cm³/mol. The maximum Gasteiger partial charge on any atom is 0.244 e. The summed E-state index contributed by atoms with van der Waals surface area (Å²) in [6.07, 6.45) is 2.07. The molecule has 0 aliphatic carbocycles. The SMILES string of the molecule is COc1ccccc1CNc1nncc(NC2CCS(=O)(=O)C2)n1. The van der Waals surface area contributed by atoms with Crippen LogP contribution in [0, 0.1) is 0 Å². The van der Waals surface area contributed by atoms with Crippen LogP contribution in [-0.2, 0) is 16.4 Å². The molecule has 0 radical (unpaired) electrons. The highest BCUT2D eigenvalue weighted by Crippen LogP contribution is 2.19. The number of hydrogen-bond acceptors (Lipinski definition) is 8. The second-order valence-electron chi connectivity index (χ2n) is 5.57. The molecule has 1 aliphatic heterocycles. The molecule has 2 N–H and O–H groups in total. The molecule has 1 fully saturated rings. The molecule has 0 saturated carbocycles. The molecule has 3 rings (SSSR count). The van der Waals surface area contributed by atoms with E-state index in [1.807, 2.05) is 24.3 Å². The van der Waals surface area contributed by atoms with Crippen molar-refractivity contribution >= 4 is 21.6 Å². The van der Waals surface area contributed by atoms with Crippen molar-refractivity contribution in [1.82, 2.24) is 15.2 Å². The molecule has 1 saturated heterocycles. The van der Waals surface area contributed by atoms with Gasteiger partial charge >= 0.3 is 0 Å². The Kier molecular flexibility index (Phi) is 4.79. The highest BCUT2D eigenvalue weighted by Gasteiger charge is 2.28. The zero-order chi connectivity index (χ0) is 17.0. The van der Waals surface area contributed by atoms with Crippen LogP contribution < -0.4 is 15.4 Å². The van der Waals surface area contributed by atoms with Crippen LogP contribution in [0.5, 0.6) is 5.75 Å². The van der Waals surface area contributed by atoms with E-state index in [4.69, 9.17) is 4.74 Å². The number of hydrogen-bond donors (Lipinski definition) is 2. The van der Waals surface area contributed by atoms with Crippen LogP contribution in [-0.4, -0.2) is 48.3 Å². The van der Waals surface area contributed by atoms with Crippen LogP contribution in [0.1, 0.15) is 12.0 Å². The lowest BCUT2D eigenvalue weighted by Crippen LogP contribution is -2.21. The number of nitrogens with one attached hydrogen (secondary N) is 2. The molecule has 9 heteroatoms. The van der Waals surface area contributed by atoms with Gasteiger partial charge in [-0.15, -0.1) is 5.10 Å². The fourth-order valence-corrected chi connectivity index (χ4v) is 4.26. The monoisotopic (exact) mass is 349 g/mol. The van der Waals surface area contributed by atoms with Gasteiger partial charge in [-0.2, -0.15) is 10.1 Å². The van der Waals surface area contributed by atoms with Crippen molar-refractivity contribution in [1.29, 1.82) is 0 Å². The van der Waals surface area contributed by atoms with Gasteiger partial charge in [0.15, 0.2) is 15.7 Å². The number of anilines is 2. The molecule has 24 heavy (non-hydrogen) atoms. The molecular weight excluding hydrogens is 330 g/mol. The van der Waals surface area contributed by atoms with E-state index in [0.717, 1.165) is 11.3 Å². The van der Waals surface area contributed by atoms with Crippen molar-refractivity contribution in [3.8, 4) is 5.75 Å². The third-order valence-corrected chi connectivity index (χ3v) is 5.54. The van der Waals surface area contributed by atoms with E-state index in [1.54, 1.807) is 7.11 Å². The standard InChI is InChI=1S/C15H19N5O3S/c1-23-13-5-3-2-4-11(13)8-16-15-19-14(9-17-20-15)18-12-6-7-24(21,22)10-12/h2-5,9,12H,6-8,10H2,1H3,(H2,16,18,19,20). The number of rotatable bonds is 6. The zero-order valence-corrected chi connectivity index (χ0v) is 14.1. The van der Waals surface area contributed by atoms with E-state index in [1.165, 1.54) is 6.20 Å². The Bertz CT molecular complexity index is 812. The number of sulfone groups is 1. The quantitative estimate of drug-likeness (QED) is 0.798. The maximum atomic E-state index is 11.5. The summed E-state index contributed by atoms with van der Waals surface area (Å²) in [6, 6.07) is 7.53. The first-order valence-corrected chi connectivity index (χ1v) is 9.40. The molecule has 2 heterocycles. The van der Waals surface area contributed by atoms with Crippen LogP contribution in [0.15, 0.2) is 30.5 Å². The summed E-state index contributed by atoms with van der Waals surface area (Å²) in [5.74, 6) is 1.99. The van der Waals surface area contributed by atoms with E-state index in [9.17, 15) is 8.42 Å². The second kappa shape index (κ2) is 7.00. The van der Waals surface area contributed by atoms with Crippen molar-refractivity contribution in [3.05, 3.63) is 36.0 Å². The summed E-state index contributed by atoms with van der Waals surface area (Å²) in [4.78, 5) is 4.32. The van der Waals surface area contributed by atoms with Crippen molar-refractivity contribution in [2.24, 2.45) is 0 Å². The average molecular weight is 349 g/mol. The fourth-order valence-electron chi connectivity index (χ4n) is 2.59. The second-order valence-corrected chi connectivity index (χ2v) is 7.80. The van der Waals surface area contributed by atoms with Gasteiger partial charge in [-0.1, -0.05) is 18.2 Å². The number of aromatic nitrogens is 3. The molecule has 1 aliphatic rings. The summed E-state index contributed by atoms with van der Waals surface area (Å²) in [6.45, 7) is 0.493. The Hall–Kier alpha value is -2.42. The number of benzene rings is 1. The summed E-state index contributed by atoms with van der Waals surface area (Å²) in [5.41, 5.74) is 0.976. The van der Waals surface area contributed by atoms with Gasteiger partial charge in [-0.05, 0) is 12.5 Å². The Morgan fingerprint density at radius 3 is 2.92 bits per heavy atom. The van der Waals surface area contributed by atoms with Gasteiger partial charge < -0.3 is 15.4 Å². The van der Waals surface area contributed by atoms with Gasteiger partial charge in [0.05, 0.1) is 24.8 Å². The molecule has 1 unspecified atom stereocenters. The van der Waals surface area contributed by atoms with Crippen molar-refractivity contribution in [2.75, 3.05) is 29.2 Å². The summed E-state index contributed by atoms with van der Waals surface area (Å²) in [5, 5.41) is 14.0. The molecule has 8 nitrogen and oxygen atoms in total. The maximum absolute atomic E-state index is 11.5. The third kappa shape index (κ3) is 4.10. The molecule has 1 aromatic carbocycles. The lowest BCUT2D eigenvalue weighted by atomic mass is 10.2. The smallest absolute Gasteiger partial charge is 0.244 e. The van der Waals surface area contributed by atoms with E-state index in [-0.39, 0.29) is 17.5 Å². The first kappa shape index (κ1) is 16.4. The highest BCUT2D eigenvalue weighted by molar-refractivity contribution is 7.91. The van der Waals surface area contributed by atoms with Crippen molar-refractivity contribution < 1.29 is 13.2 Å². The number of ether oxygens (including phenoxy) is 1.